The second-order valence-electron chi connectivity index (χ2n) is 6.73. The molecule has 0 amide bonds. The number of nitrogens with zero attached hydrogens (tertiary/aromatic N) is 1. The predicted octanol–water partition coefficient (Wildman–Crippen LogP) is -0.456. The molecule has 1 heterocycles. The highest BCUT2D eigenvalue weighted by Crippen LogP contribution is 2.37. The van der Waals surface area contributed by atoms with Gasteiger partial charge in [0.1, 0.15) is 6.54 Å². The molecule has 0 saturated carbocycles. The van der Waals surface area contributed by atoms with Crippen molar-refractivity contribution in [3.05, 3.63) is 35.9 Å². The number of rotatable bonds is 6. The lowest BCUT2D eigenvalue weighted by Gasteiger charge is -2.43. The Labute approximate surface area is 160 Å². The van der Waals surface area contributed by atoms with Crippen molar-refractivity contribution in [1.82, 2.24) is 0 Å². The normalized spacial score (nSPS) is 17.9. The molecule has 0 N–H and O–H groups in total. The third kappa shape index (κ3) is 5.05. The molecule has 1 aromatic carbocycles. The van der Waals surface area contributed by atoms with Crippen LogP contribution in [0.15, 0.2) is 30.3 Å². The lowest BCUT2D eigenvalue weighted by molar-refractivity contribution is -0.928. The summed E-state index contributed by atoms with van der Waals surface area (Å²) in [5.74, 6) is -0.871. The van der Waals surface area contributed by atoms with Gasteiger partial charge in [0.25, 0.3) is 0 Å². The van der Waals surface area contributed by atoms with E-state index < -0.39 is 17.4 Å². The first-order valence-corrected chi connectivity index (χ1v) is 8.68. The maximum atomic E-state index is 12.5. The Morgan fingerprint density at radius 3 is 1.92 bits per heavy atom. The van der Waals surface area contributed by atoms with Crippen LogP contribution in [0.25, 0.3) is 0 Å². The average molecular weight is 414 g/mol. The second kappa shape index (κ2) is 9.34. The van der Waals surface area contributed by atoms with Crippen LogP contribution in [0, 0.1) is 5.41 Å². The van der Waals surface area contributed by atoms with E-state index in [1.54, 1.807) is 13.8 Å². The average Bonchev–Trinajstić information content (AvgIpc) is 2.57. The van der Waals surface area contributed by atoms with Crippen molar-refractivity contribution < 1.29 is 40.5 Å². The number of esters is 2. The van der Waals surface area contributed by atoms with E-state index >= 15 is 0 Å². The molecule has 0 unspecified atom stereocenters. The van der Waals surface area contributed by atoms with Gasteiger partial charge in [0.15, 0.2) is 5.41 Å². The number of carbonyl (C=O) groups is 2. The minimum absolute atomic E-state index is 0. The number of hydrogen-bond acceptors (Lipinski definition) is 4. The molecule has 0 bridgehead atoms. The van der Waals surface area contributed by atoms with E-state index in [2.05, 4.69) is 19.2 Å². The Morgan fingerprint density at radius 2 is 1.48 bits per heavy atom. The molecule has 1 fully saturated rings. The second-order valence-corrected chi connectivity index (χ2v) is 6.73. The smallest absolute Gasteiger partial charge is 0.323 e. The van der Waals surface area contributed by atoms with Gasteiger partial charge in [-0.2, -0.15) is 0 Å². The van der Waals surface area contributed by atoms with Gasteiger partial charge >= 0.3 is 11.9 Å². The topological polar surface area (TPSA) is 52.6 Å². The zero-order chi connectivity index (χ0) is 17.6. The first kappa shape index (κ1) is 21.6. The summed E-state index contributed by atoms with van der Waals surface area (Å²) in [4.78, 5) is 25.0. The maximum Gasteiger partial charge on any atom is 0.323 e. The number of hydrogen-bond donors (Lipinski definition) is 0. The highest BCUT2D eigenvalue weighted by Gasteiger charge is 2.54. The first-order valence-electron chi connectivity index (χ1n) is 8.68. The van der Waals surface area contributed by atoms with Gasteiger partial charge in [-0.05, 0) is 13.8 Å². The Morgan fingerprint density at radius 1 is 1.00 bits per heavy atom. The molecule has 0 spiro atoms. The SMILES string of the molecule is CCOC(=O)C1(C(=O)OCC)CC[N+](C)(Cc2ccccc2)CC1.[Br-]. The fourth-order valence-corrected chi connectivity index (χ4v) is 3.37. The standard InChI is InChI=1S/C19H28NO4.BrH/c1-4-23-17(21)19(18(22)24-5-2)11-13-20(3,14-12-19)15-16-9-7-6-8-10-16;/h6-10H,4-5,11-15H2,1-3H3;1H/q+1;/p-1. The summed E-state index contributed by atoms with van der Waals surface area (Å²) in [6.07, 6.45) is 0.933. The number of carbonyl (C=O) groups excluding carboxylic acids is 2. The predicted molar refractivity (Wildman–Crippen MR) is 91.0 cm³/mol. The van der Waals surface area contributed by atoms with Gasteiger partial charge in [-0.1, -0.05) is 30.3 Å². The fourth-order valence-electron chi connectivity index (χ4n) is 3.37. The van der Waals surface area contributed by atoms with Gasteiger partial charge in [-0.25, -0.2) is 0 Å². The molecule has 0 radical (unpaired) electrons. The summed E-state index contributed by atoms with van der Waals surface area (Å²) < 4.78 is 11.2. The van der Waals surface area contributed by atoms with E-state index in [0.717, 1.165) is 24.1 Å². The molecular weight excluding hydrogens is 386 g/mol. The number of benzene rings is 1. The summed E-state index contributed by atoms with van der Waals surface area (Å²) >= 11 is 0. The molecule has 25 heavy (non-hydrogen) atoms. The molecule has 0 atom stereocenters. The van der Waals surface area contributed by atoms with Crippen molar-refractivity contribution >= 4 is 11.9 Å². The van der Waals surface area contributed by atoms with Crippen LogP contribution >= 0.6 is 0 Å². The van der Waals surface area contributed by atoms with Crippen LogP contribution in [-0.4, -0.2) is 49.8 Å². The van der Waals surface area contributed by atoms with E-state index in [1.165, 1.54) is 5.56 Å². The van der Waals surface area contributed by atoms with Crippen LogP contribution in [-0.2, 0) is 25.6 Å². The van der Waals surface area contributed by atoms with Crippen LogP contribution in [0.1, 0.15) is 32.3 Å². The van der Waals surface area contributed by atoms with Crippen molar-refractivity contribution in [2.75, 3.05) is 33.4 Å². The summed E-state index contributed by atoms with van der Waals surface area (Å²) in [6.45, 7) is 6.44. The quantitative estimate of drug-likeness (QED) is 0.359. The molecule has 140 valence electrons. The number of halogens is 1. The highest BCUT2D eigenvalue weighted by molar-refractivity contribution is 6.00. The highest BCUT2D eigenvalue weighted by atomic mass is 79.9. The Kier molecular flexibility index (Phi) is 8.09. The van der Waals surface area contributed by atoms with Crippen LogP contribution < -0.4 is 17.0 Å². The van der Waals surface area contributed by atoms with Gasteiger partial charge in [-0.15, -0.1) is 0 Å². The maximum absolute atomic E-state index is 12.5. The minimum atomic E-state index is -1.14. The molecule has 0 aliphatic carbocycles. The summed E-state index contributed by atoms with van der Waals surface area (Å²) in [7, 11) is 2.17. The van der Waals surface area contributed by atoms with Gasteiger partial charge < -0.3 is 30.9 Å². The number of quaternary nitrogens is 1. The van der Waals surface area contributed by atoms with E-state index in [4.69, 9.17) is 9.47 Å². The number of piperidine rings is 1. The first-order chi connectivity index (χ1) is 11.5. The van der Waals surface area contributed by atoms with Crippen molar-refractivity contribution in [2.45, 2.75) is 33.2 Å². The van der Waals surface area contributed by atoms with Gasteiger partial charge in [0.05, 0.1) is 33.4 Å². The van der Waals surface area contributed by atoms with Crippen molar-refractivity contribution in [1.29, 1.82) is 0 Å². The zero-order valence-corrected chi connectivity index (χ0v) is 16.9. The van der Waals surface area contributed by atoms with Crippen LogP contribution in [0.3, 0.4) is 0 Å². The number of ether oxygens (including phenoxy) is 2. The van der Waals surface area contributed by atoms with Gasteiger partial charge in [-0.3, -0.25) is 9.59 Å². The van der Waals surface area contributed by atoms with Gasteiger partial charge in [0, 0.05) is 18.4 Å². The van der Waals surface area contributed by atoms with E-state index in [1.807, 2.05) is 18.2 Å². The molecule has 0 aromatic heterocycles. The zero-order valence-electron chi connectivity index (χ0n) is 15.3. The summed E-state index contributed by atoms with van der Waals surface area (Å²) in [5, 5.41) is 0. The molecule has 1 aromatic rings. The summed E-state index contributed by atoms with van der Waals surface area (Å²) in [5.41, 5.74) is 0.125. The van der Waals surface area contributed by atoms with Gasteiger partial charge in [0.2, 0.25) is 0 Å². The Bertz CT molecular complexity index is 548. The number of likely N-dealkylation sites (tertiary alicyclic amines) is 1. The van der Waals surface area contributed by atoms with E-state index in [-0.39, 0.29) is 30.2 Å². The summed E-state index contributed by atoms with van der Waals surface area (Å²) in [6, 6.07) is 10.3. The third-order valence-electron chi connectivity index (χ3n) is 4.90. The Hall–Kier alpha value is -1.40. The molecule has 2 rings (SSSR count). The lowest BCUT2D eigenvalue weighted by Crippen LogP contribution is -3.00. The molecule has 5 nitrogen and oxygen atoms in total. The molecule has 1 saturated heterocycles. The molecule has 1 aliphatic heterocycles. The van der Waals surface area contributed by atoms with Crippen LogP contribution in [0.5, 0.6) is 0 Å². The molecular formula is C19H28BrNO4. The minimum Gasteiger partial charge on any atom is -1.00 e. The molecule has 6 heteroatoms. The van der Waals surface area contributed by atoms with Crippen molar-refractivity contribution in [3.8, 4) is 0 Å². The van der Waals surface area contributed by atoms with Crippen molar-refractivity contribution in [3.63, 3.8) is 0 Å². The van der Waals surface area contributed by atoms with Crippen LogP contribution in [0.4, 0.5) is 0 Å². The van der Waals surface area contributed by atoms with E-state index in [0.29, 0.717) is 12.8 Å². The van der Waals surface area contributed by atoms with Crippen molar-refractivity contribution in [2.24, 2.45) is 5.41 Å². The largest absolute Gasteiger partial charge is 1.00 e. The monoisotopic (exact) mass is 413 g/mol. The van der Waals surface area contributed by atoms with E-state index in [9.17, 15) is 9.59 Å². The Balaban J connectivity index is 0.00000312. The fraction of sp³-hybridized carbons (Fsp3) is 0.579. The van der Waals surface area contributed by atoms with Crippen LogP contribution in [0.2, 0.25) is 0 Å². The molecule has 1 aliphatic rings. The lowest BCUT2D eigenvalue weighted by atomic mass is 9.77. The third-order valence-corrected chi connectivity index (χ3v) is 4.90.